The van der Waals surface area contributed by atoms with E-state index in [0.29, 0.717) is 16.2 Å². The molecule has 13 nitrogen and oxygen atoms in total. The highest BCUT2D eigenvalue weighted by atomic mass is 32.1. The molecule has 4 N–H and O–H groups in total. The largest absolute Gasteiger partial charge is 0.461 e. The number of aromatic nitrogens is 3. The van der Waals surface area contributed by atoms with Crippen LogP contribution in [0.15, 0.2) is 4.79 Å². The standard InChI is InChI=1S/C25H36N6O7S/c1-11(2)15(27-12(3)32)22(33)35-10-14-16-17(38-25(4,5)37-16)21(36-14)31-20-18(39-24(31)34)19(29-23(26)30-20)28-13-8-6-7-9-13/h11,13-17,21H,6-10H2,1-5H3,(H,27,32)(H3,26,28,29,30). The van der Waals surface area contributed by atoms with Crippen molar-refractivity contribution in [3.8, 4) is 0 Å². The van der Waals surface area contributed by atoms with Gasteiger partial charge in [-0.3, -0.25) is 14.2 Å². The van der Waals surface area contributed by atoms with E-state index in [2.05, 4.69) is 20.6 Å². The zero-order valence-corrected chi connectivity index (χ0v) is 23.6. The summed E-state index contributed by atoms with van der Waals surface area (Å²) in [6, 6.07) is -0.541. The molecule has 2 aliphatic heterocycles. The third-order valence-electron chi connectivity index (χ3n) is 7.22. The first-order valence-corrected chi connectivity index (χ1v) is 14.1. The van der Waals surface area contributed by atoms with Crippen molar-refractivity contribution in [1.82, 2.24) is 19.9 Å². The van der Waals surface area contributed by atoms with Crippen molar-refractivity contribution in [1.29, 1.82) is 0 Å². The molecule has 39 heavy (non-hydrogen) atoms. The number of carbonyl (C=O) groups is 2. The van der Waals surface area contributed by atoms with E-state index in [1.165, 1.54) is 11.5 Å². The Morgan fingerprint density at radius 2 is 1.90 bits per heavy atom. The van der Waals surface area contributed by atoms with Crippen LogP contribution in [0.2, 0.25) is 0 Å². The van der Waals surface area contributed by atoms with Gasteiger partial charge in [0.25, 0.3) is 0 Å². The molecule has 2 saturated heterocycles. The Bertz CT molecular complexity index is 1300. The van der Waals surface area contributed by atoms with Crippen LogP contribution in [0.25, 0.3) is 10.3 Å². The number of carbonyl (C=O) groups excluding carboxylic acids is 2. The van der Waals surface area contributed by atoms with Gasteiger partial charge in [0.05, 0.1) is 0 Å². The van der Waals surface area contributed by atoms with Gasteiger partial charge in [0.2, 0.25) is 11.9 Å². The fraction of sp³-hybridized carbons (Fsp3) is 0.720. The molecule has 5 unspecified atom stereocenters. The van der Waals surface area contributed by atoms with Crippen LogP contribution in [0.5, 0.6) is 0 Å². The molecular weight excluding hydrogens is 528 g/mol. The number of hydrogen-bond donors (Lipinski definition) is 3. The lowest BCUT2D eigenvalue weighted by Gasteiger charge is -2.25. The van der Waals surface area contributed by atoms with Gasteiger partial charge in [0.1, 0.15) is 35.7 Å². The molecule has 3 fully saturated rings. The average Bonchev–Trinajstić information content (AvgIpc) is 3.60. The number of nitrogen functional groups attached to an aromatic ring is 1. The first-order valence-electron chi connectivity index (χ1n) is 13.3. The second-order valence-corrected chi connectivity index (χ2v) is 12.1. The third-order valence-corrected chi connectivity index (χ3v) is 8.18. The normalized spacial score (nSPS) is 27.1. The predicted molar refractivity (Wildman–Crippen MR) is 143 cm³/mol. The maximum absolute atomic E-state index is 13.4. The Morgan fingerprint density at radius 1 is 1.21 bits per heavy atom. The smallest absolute Gasteiger partial charge is 0.328 e. The number of nitrogens with two attached hydrogens (primary N) is 1. The number of amides is 1. The minimum atomic E-state index is -0.949. The number of fused-ring (bicyclic) bond motifs is 2. The summed E-state index contributed by atoms with van der Waals surface area (Å²) in [5, 5.41) is 6.06. The van der Waals surface area contributed by atoms with Gasteiger partial charge in [-0.15, -0.1) is 0 Å². The van der Waals surface area contributed by atoms with Crippen molar-refractivity contribution < 1.29 is 28.5 Å². The third kappa shape index (κ3) is 5.60. The van der Waals surface area contributed by atoms with Gasteiger partial charge in [0, 0.05) is 13.0 Å². The van der Waals surface area contributed by atoms with E-state index in [4.69, 9.17) is 24.7 Å². The van der Waals surface area contributed by atoms with Crippen molar-refractivity contribution in [2.24, 2.45) is 5.92 Å². The number of thiazole rings is 1. The number of anilines is 2. The highest BCUT2D eigenvalue weighted by molar-refractivity contribution is 7.17. The van der Waals surface area contributed by atoms with Gasteiger partial charge in [-0.2, -0.15) is 9.97 Å². The van der Waals surface area contributed by atoms with Crippen molar-refractivity contribution in [3.05, 3.63) is 9.67 Å². The van der Waals surface area contributed by atoms with E-state index in [0.717, 1.165) is 37.0 Å². The summed E-state index contributed by atoms with van der Waals surface area (Å²) in [5.41, 5.74) is 6.41. The number of hydrogen-bond acceptors (Lipinski definition) is 12. The van der Waals surface area contributed by atoms with Crippen molar-refractivity contribution in [2.75, 3.05) is 17.7 Å². The van der Waals surface area contributed by atoms with Gasteiger partial charge in [-0.1, -0.05) is 38.0 Å². The molecule has 0 radical (unpaired) electrons. The molecule has 0 aromatic carbocycles. The van der Waals surface area contributed by atoms with Crippen LogP contribution in [0.3, 0.4) is 0 Å². The molecule has 1 aliphatic carbocycles. The molecular formula is C25H36N6O7S. The summed E-state index contributed by atoms with van der Waals surface area (Å²) in [6.45, 7) is 8.37. The van der Waals surface area contributed by atoms with Crippen LogP contribution >= 0.6 is 11.3 Å². The molecule has 214 valence electrons. The van der Waals surface area contributed by atoms with Crippen LogP contribution in [0.4, 0.5) is 11.8 Å². The molecule has 4 heterocycles. The molecule has 5 atom stereocenters. The molecule has 3 aliphatic rings. The fourth-order valence-corrected chi connectivity index (χ4v) is 6.39. The number of nitrogens with one attached hydrogen (secondary N) is 2. The van der Waals surface area contributed by atoms with E-state index in [1.807, 2.05) is 13.8 Å². The molecule has 0 bridgehead atoms. The van der Waals surface area contributed by atoms with Gasteiger partial charge in [-0.05, 0) is 32.6 Å². The number of rotatable bonds is 8. The molecule has 2 aromatic heterocycles. The molecule has 1 amide bonds. The summed E-state index contributed by atoms with van der Waals surface area (Å²) in [6.07, 6.45) is 1.41. The second kappa shape index (κ2) is 10.6. The van der Waals surface area contributed by atoms with Crippen molar-refractivity contribution in [3.63, 3.8) is 0 Å². The Balaban J connectivity index is 1.42. The van der Waals surface area contributed by atoms with Crippen LogP contribution < -0.4 is 21.2 Å². The maximum atomic E-state index is 13.4. The van der Waals surface area contributed by atoms with E-state index in [9.17, 15) is 14.4 Å². The Morgan fingerprint density at radius 3 is 2.56 bits per heavy atom. The Hall–Kier alpha value is -2.81. The van der Waals surface area contributed by atoms with Gasteiger partial charge >= 0.3 is 10.8 Å². The average molecular weight is 565 g/mol. The molecule has 0 spiro atoms. The van der Waals surface area contributed by atoms with Crippen LogP contribution in [0, 0.1) is 5.92 Å². The van der Waals surface area contributed by atoms with Crippen LogP contribution in [0.1, 0.15) is 66.5 Å². The molecule has 2 aromatic rings. The highest BCUT2D eigenvalue weighted by Gasteiger charge is 2.57. The fourth-order valence-electron chi connectivity index (χ4n) is 5.49. The van der Waals surface area contributed by atoms with Gasteiger partial charge in [0.15, 0.2) is 23.5 Å². The molecule has 14 heteroatoms. The molecule has 5 rings (SSSR count). The summed E-state index contributed by atoms with van der Waals surface area (Å²) in [4.78, 5) is 46.2. The van der Waals surface area contributed by atoms with Gasteiger partial charge in [-0.25, -0.2) is 4.79 Å². The lowest BCUT2D eigenvalue weighted by Crippen LogP contribution is -2.45. The lowest BCUT2D eigenvalue weighted by atomic mass is 10.0. The van der Waals surface area contributed by atoms with Crippen LogP contribution in [-0.2, 0) is 28.5 Å². The van der Waals surface area contributed by atoms with E-state index in [1.54, 1.807) is 13.8 Å². The number of ether oxygens (including phenoxy) is 4. The monoisotopic (exact) mass is 564 g/mol. The maximum Gasteiger partial charge on any atom is 0.328 e. The first-order chi connectivity index (χ1) is 18.4. The SMILES string of the molecule is CC(=O)NC(C(=O)OCC1OC(n2c(=O)sc3c(NC4CCCC4)nc(N)nc32)C2OC(C)(C)OC12)C(C)C. The summed E-state index contributed by atoms with van der Waals surface area (Å²) in [5.74, 6) is -1.46. The number of esters is 1. The minimum Gasteiger partial charge on any atom is -0.461 e. The Kier molecular flexibility index (Phi) is 7.57. The van der Waals surface area contributed by atoms with Crippen LogP contribution in [-0.4, -0.2) is 69.2 Å². The summed E-state index contributed by atoms with van der Waals surface area (Å²) in [7, 11) is 0. The first kappa shape index (κ1) is 27.7. The second-order valence-electron chi connectivity index (χ2n) is 11.1. The highest BCUT2D eigenvalue weighted by Crippen LogP contribution is 2.44. The molecule has 1 saturated carbocycles. The topological polar surface area (TPSA) is 169 Å². The minimum absolute atomic E-state index is 0.0381. The summed E-state index contributed by atoms with van der Waals surface area (Å²) >= 11 is 1.01. The lowest BCUT2D eigenvalue weighted by molar-refractivity contribution is -0.202. The van der Waals surface area contributed by atoms with E-state index in [-0.39, 0.29) is 35.3 Å². The zero-order chi connectivity index (χ0) is 28.1. The van der Waals surface area contributed by atoms with Crippen molar-refractivity contribution in [2.45, 2.75) is 103 Å². The van der Waals surface area contributed by atoms with Gasteiger partial charge < -0.3 is 35.3 Å². The zero-order valence-electron chi connectivity index (χ0n) is 22.8. The Labute approximate surface area is 229 Å². The summed E-state index contributed by atoms with van der Waals surface area (Å²) < 4.78 is 26.1. The van der Waals surface area contributed by atoms with Crippen molar-refractivity contribution >= 4 is 45.3 Å². The van der Waals surface area contributed by atoms with E-state index >= 15 is 0 Å². The predicted octanol–water partition coefficient (Wildman–Crippen LogP) is 1.91. The number of nitrogens with zero attached hydrogens (tertiary/aromatic N) is 3. The van der Waals surface area contributed by atoms with E-state index < -0.39 is 42.3 Å². The quantitative estimate of drug-likeness (QED) is 0.400.